The minimum Gasteiger partial charge on any atom is -0.397 e. The van der Waals surface area contributed by atoms with Crippen LogP contribution in [0.1, 0.15) is 0 Å². The van der Waals surface area contributed by atoms with Crippen LogP contribution < -0.4 is 16.0 Å². The molecule has 78 valence electrons. The van der Waals surface area contributed by atoms with Crippen LogP contribution in [-0.2, 0) is 0 Å². The number of anilines is 2. The molecule has 2 rings (SSSR count). The summed E-state index contributed by atoms with van der Waals surface area (Å²) < 4.78 is 0. The Kier molecular flexibility index (Phi) is 3.98. The number of nitrogen functional groups attached to an aromatic ring is 1. The molecule has 0 bridgehead atoms. The van der Waals surface area contributed by atoms with E-state index in [1.807, 2.05) is 12.1 Å². The van der Waals surface area contributed by atoms with Gasteiger partial charge in [0.2, 0.25) is 0 Å². The van der Waals surface area contributed by atoms with Gasteiger partial charge >= 0.3 is 0 Å². The van der Waals surface area contributed by atoms with Gasteiger partial charge in [0.25, 0.3) is 0 Å². The molecule has 2 heterocycles. The molecule has 0 unspecified atom stereocenters. The molecule has 14 heavy (non-hydrogen) atoms. The Hall–Kier alpha value is -1.00. The van der Waals surface area contributed by atoms with Gasteiger partial charge in [-0.05, 0) is 12.1 Å². The fourth-order valence-electron chi connectivity index (χ4n) is 1.48. The highest BCUT2D eigenvalue weighted by atomic mass is 35.5. The molecule has 1 saturated heterocycles. The lowest BCUT2D eigenvalue weighted by Crippen LogP contribution is -2.43. The number of nitrogens with one attached hydrogen (secondary N) is 1. The van der Waals surface area contributed by atoms with Crippen molar-refractivity contribution in [1.29, 1.82) is 0 Å². The van der Waals surface area contributed by atoms with Crippen LogP contribution in [0, 0.1) is 0 Å². The number of hydrogen-bond donors (Lipinski definition) is 2. The van der Waals surface area contributed by atoms with Crippen LogP contribution in [0.5, 0.6) is 0 Å². The van der Waals surface area contributed by atoms with Gasteiger partial charge in [0.05, 0.1) is 11.9 Å². The van der Waals surface area contributed by atoms with E-state index in [4.69, 9.17) is 5.73 Å². The van der Waals surface area contributed by atoms with Crippen LogP contribution in [0.25, 0.3) is 0 Å². The lowest BCUT2D eigenvalue weighted by Gasteiger charge is -2.28. The molecule has 0 saturated carbocycles. The molecule has 0 amide bonds. The van der Waals surface area contributed by atoms with E-state index in [1.54, 1.807) is 6.20 Å². The van der Waals surface area contributed by atoms with Gasteiger partial charge in [0, 0.05) is 26.2 Å². The standard InChI is InChI=1S/C9H14N4.ClH/c10-8-1-2-9(12-7-8)13-5-3-11-4-6-13;/h1-2,7,11H,3-6,10H2;1H. The van der Waals surface area contributed by atoms with E-state index in [1.165, 1.54) is 0 Å². The van der Waals surface area contributed by atoms with Crippen molar-refractivity contribution in [3.8, 4) is 0 Å². The van der Waals surface area contributed by atoms with E-state index in [0.29, 0.717) is 0 Å². The second-order valence-electron chi connectivity index (χ2n) is 3.19. The van der Waals surface area contributed by atoms with Gasteiger partial charge < -0.3 is 16.0 Å². The monoisotopic (exact) mass is 214 g/mol. The highest BCUT2D eigenvalue weighted by Crippen LogP contribution is 2.12. The number of nitrogens with zero attached hydrogens (tertiary/aromatic N) is 2. The summed E-state index contributed by atoms with van der Waals surface area (Å²) in [7, 11) is 0. The molecular weight excluding hydrogens is 200 g/mol. The second kappa shape index (κ2) is 5.02. The Morgan fingerprint density at radius 3 is 2.57 bits per heavy atom. The Labute approximate surface area is 89.9 Å². The van der Waals surface area contributed by atoms with E-state index in [2.05, 4.69) is 15.2 Å². The fraction of sp³-hybridized carbons (Fsp3) is 0.444. The number of piperazine rings is 1. The van der Waals surface area contributed by atoms with Crippen molar-refractivity contribution in [1.82, 2.24) is 10.3 Å². The number of aromatic nitrogens is 1. The first-order valence-electron chi connectivity index (χ1n) is 4.53. The maximum Gasteiger partial charge on any atom is 0.128 e. The van der Waals surface area contributed by atoms with Crippen molar-refractivity contribution in [2.75, 3.05) is 36.8 Å². The van der Waals surface area contributed by atoms with Crippen LogP contribution in [-0.4, -0.2) is 31.2 Å². The maximum atomic E-state index is 5.56. The van der Waals surface area contributed by atoms with Crippen LogP contribution >= 0.6 is 12.4 Å². The molecule has 1 aromatic rings. The quantitative estimate of drug-likeness (QED) is 0.715. The minimum absolute atomic E-state index is 0. The van der Waals surface area contributed by atoms with Crippen molar-refractivity contribution in [2.45, 2.75) is 0 Å². The zero-order valence-electron chi connectivity index (χ0n) is 7.94. The molecule has 3 N–H and O–H groups in total. The first-order chi connectivity index (χ1) is 6.36. The zero-order valence-corrected chi connectivity index (χ0v) is 8.76. The van der Waals surface area contributed by atoms with Gasteiger partial charge in [0.15, 0.2) is 0 Å². The first kappa shape index (κ1) is 11.1. The zero-order chi connectivity index (χ0) is 9.10. The van der Waals surface area contributed by atoms with Crippen molar-refractivity contribution >= 4 is 23.9 Å². The summed E-state index contributed by atoms with van der Waals surface area (Å²) in [5, 5.41) is 3.30. The summed E-state index contributed by atoms with van der Waals surface area (Å²) >= 11 is 0. The highest BCUT2D eigenvalue weighted by Gasteiger charge is 2.10. The topological polar surface area (TPSA) is 54.2 Å². The molecule has 0 aliphatic carbocycles. The van der Waals surface area contributed by atoms with Gasteiger partial charge in [-0.25, -0.2) is 4.98 Å². The molecule has 1 aliphatic rings. The summed E-state index contributed by atoms with van der Waals surface area (Å²) in [4.78, 5) is 6.53. The minimum atomic E-state index is 0. The fourth-order valence-corrected chi connectivity index (χ4v) is 1.48. The van der Waals surface area contributed by atoms with Crippen molar-refractivity contribution < 1.29 is 0 Å². The summed E-state index contributed by atoms with van der Waals surface area (Å²) in [6, 6.07) is 3.87. The largest absolute Gasteiger partial charge is 0.397 e. The van der Waals surface area contributed by atoms with Crippen LogP contribution in [0.2, 0.25) is 0 Å². The lowest BCUT2D eigenvalue weighted by atomic mass is 10.3. The third-order valence-electron chi connectivity index (χ3n) is 2.21. The molecule has 1 aromatic heterocycles. The van der Waals surface area contributed by atoms with Crippen molar-refractivity contribution in [3.05, 3.63) is 18.3 Å². The third-order valence-corrected chi connectivity index (χ3v) is 2.21. The molecule has 0 atom stereocenters. The molecule has 0 radical (unpaired) electrons. The van der Waals surface area contributed by atoms with Gasteiger partial charge in [-0.1, -0.05) is 0 Å². The SMILES string of the molecule is Cl.Nc1ccc(N2CCNCC2)nc1. The van der Waals surface area contributed by atoms with Gasteiger partial charge in [-0.2, -0.15) is 0 Å². The van der Waals surface area contributed by atoms with Crippen LogP contribution in [0.15, 0.2) is 18.3 Å². The molecule has 5 heteroatoms. The number of rotatable bonds is 1. The Bertz CT molecular complexity index is 269. The van der Waals surface area contributed by atoms with E-state index < -0.39 is 0 Å². The molecular formula is C9H15ClN4. The van der Waals surface area contributed by atoms with Gasteiger partial charge in [0.1, 0.15) is 5.82 Å². The summed E-state index contributed by atoms with van der Waals surface area (Å²) in [6.45, 7) is 4.12. The summed E-state index contributed by atoms with van der Waals surface area (Å²) in [5.74, 6) is 1.02. The van der Waals surface area contributed by atoms with Crippen LogP contribution in [0.3, 0.4) is 0 Å². The third kappa shape index (κ3) is 2.49. The van der Waals surface area contributed by atoms with Crippen LogP contribution in [0.4, 0.5) is 11.5 Å². The first-order valence-corrected chi connectivity index (χ1v) is 4.53. The van der Waals surface area contributed by atoms with Crippen molar-refractivity contribution in [2.24, 2.45) is 0 Å². The summed E-state index contributed by atoms with van der Waals surface area (Å²) in [6.07, 6.45) is 1.71. The Morgan fingerprint density at radius 2 is 2.00 bits per heavy atom. The molecule has 4 nitrogen and oxygen atoms in total. The number of nitrogens with two attached hydrogens (primary N) is 1. The summed E-state index contributed by atoms with van der Waals surface area (Å²) in [5.41, 5.74) is 6.28. The number of pyridine rings is 1. The molecule has 1 fully saturated rings. The molecule has 1 aliphatic heterocycles. The average molecular weight is 215 g/mol. The molecule has 0 spiro atoms. The highest BCUT2D eigenvalue weighted by molar-refractivity contribution is 5.85. The Morgan fingerprint density at radius 1 is 1.29 bits per heavy atom. The Balaban J connectivity index is 0.000000980. The predicted octanol–water partition coefficient (Wildman–Crippen LogP) is 0.495. The second-order valence-corrected chi connectivity index (χ2v) is 3.19. The van der Waals surface area contributed by atoms with E-state index in [0.717, 1.165) is 37.7 Å². The molecule has 0 aromatic carbocycles. The predicted molar refractivity (Wildman–Crippen MR) is 61.0 cm³/mol. The van der Waals surface area contributed by atoms with E-state index in [-0.39, 0.29) is 12.4 Å². The number of halogens is 1. The smallest absolute Gasteiger partial charge is 0.128 e. The normalized spacial score (nSPS) is 16.1. The van der Waals surface area contributed by atoms with Crippen molar-refractivity contribution in [3.63, 3.8) is 0 Å². The maximum absolute atomic E-state index is 5.56. The van der Waals surface area contributed by atoms with Gasteiger partial charge in [-0.3, -0.25) is 0 Å². The van der Waals surface area contributed by atoms with Gasteiger partial charge in [-0.15, -0.1) is 12.4 Å². The lowest BCUT2D eigenvalue weighted by molar-refractivity contribution is 0.585. The number of hydrogen-bond acceptors (Lipinski definition) is 4. The van der Waals surface area contributed by atoms with E-state index >= 15 is 0 Å². The average Bonchev–Trinajstić information content (AvgIpc) is 2.20. The van der Waals surface area contributed by atoms with E-state index in [9.17, 15) is 0 Å².